The van der Waals surface area contributed by atoms with Crippen LogP contribution in [0.1, 0.15) is 32.6 Å². The number of unbranched alkanes of at least 4 members (excludes halogenated alkanes) is 2. The van der Waals surface area contributed by atoms with Gasteiger partial charge in [-0.15, -0.1) is 0 Å². The number of rotatable bonds is 7. The van der Waals surface area contributed by atoms with Gasteiger partial charge in [0.1, 0.15) is 0 Å². The number of nitrogens with zero attached hydrogens (tertiary/aromatic N) is 2. The average Bonchev–Trinajstić information content (AvgIpc) is 2.67. The monoisotopic (exact) mass is 299 g/mol. The quantitative estimate of drug-likeness (QED) is 0.560. The molecule has 1 unspecified atom stereocenters. The van der Waals surface area contributed by atoms with Crippen LogP contribution < -0.4 is 16.8 Å². The van der Waals surface area contributed by atoms with Gasteiger partial charge >= 0.3 is 6.03 Å². The highest BCUT2D eigenvalue weighted by Gasteiger charge is 2.24. The zero-order valence-electron chi connectivity index (χ0n) is 13.0. The molecule has 5 N–H and O–H groups in total. The van der Waals surface area contributed by atoms with E-state index in [1.165, 1.54) is 12.8 Å². The number of carbonyl (C=O) groups excluding carboxylic acids is 2. The molecule has 0 saturated carbocycles. The molecule has 1 heterocycles. The van der Waals surface area contributed by atoms with Crippen molar-refractivity contribution in [3.05, 3.63) is 0 Å². The zero-order valence-corrected chi connectivity index (χ0v) is 13.0. The van der Waals surface area contributed by atoms with Gasteiger partial charge in [-0.05, 0) is 45.8 Å². The summed E-state index contributed by atoms with van der Waals surface area (Å²) >= 11 is 0. The smallest absolute Gasteiger partial charge is 0.318 e. The molecule has 0 spiro atoms. The van der Waals surface area contributed by atoms with Crippen molar-refractivity contribution >= 4 is 11.9 Å². The van der Waals surface area contributed by atoms with Gasteiger partial charge in [0.25, 0.3) is 0 Å². The summed E-state index contributed by atoms with van der Waals surface area (Å²) in [7, 11) is 0. The van der Waals surface area contributed by atoms with E-state index in [1.54, 1.807) is 0 Å². The molecule has 0 aliphatic carbocycles. The second kappa shape index (κ2) is 9.70. The van der Waals surface area contributed by atoms with E-state index in [1.807, 2.05) is 6.92 Å². The summed E-state index contributed by atoms with van der Waals surface area (Å²) in [6.45, 7) is 7.39. The predicted molar refractivity (Wildman–Crippen MR) is 82.7 cm³/mol. The molecule has 21 heavy (non-hydrogen) atoms. The summed E-state index contributed by atoms with van der Waals surface area (Å²) in [5.41, 5.74) is 10.5. The highest BCUT2D eigenvalue weighted by Crippen LogP contribution is 2.08. The first-order chi connectivity index (χ1) is 10.0. The fraction of sp³-hybridized carbons (Fsp3) is 0.857. The summed E-state index contributed by atoms with van der Waals surface area (Å²) in [6.07, 6.45) is 4.47. The van der Waals surface area contributed by atoms with Crippen LogP contribution in [0.5, 0.6) is 0 Å². The number of primary amides is 1. The van der Waals surface area contributed by atoms with Gasteiger partial charge in [0.15, 0.2) is 0 Å². The molecule has 3 amide bonds. The van der Waals surface area contributed by atoms with Crippen molar-refractivity contribution in [1.29, 1.82) is 0 Å². The van der Waals surface area contributed by atoms with Gasteiger partial charge in [0.05, 0.1) is 6.04 Å². The number of nitrogens with one attached hydrogen (secondary N) is 1. The van der Waals surface area contributed by atoms with E-state index in [0.717, 1.165) is 52.1 Å². The predicted octanol–water partition coefficient (Wildman–Crippen LogP) is -0.293. The van der Waals surface area contributed by atoms with Crippen LogP contribution in [-0.2, 0) is 4.79 Å². The molecule has 1 rings (SSSR count). The lowest BCUT2D eigenvalue weighted by atomic mass is 10.2. The standard InChI is InChI=1S/C14H29N5O2/c1-12(13(20)17-14(16)21)19-9-5-8-18(10-11-19)7-4-2-3-6-15/h12H,2-11,15H2,1H3,(H3,16,17,20,21). The number of hydrogen-bond donors (Lipinski definition) is 3. The van der Waals surface area contributed by atoms with E-state index >= 15 is 0 Å². The van der Waals surface area contributed by atoms with E-state index in [4.69, 9.17) is 11.5 Å². The fourth-order valence-corrected chi connectivity index (χ4v) is 2.65. The highest BCUT2D eigenvalue weighted by molar-refractivity contribution is 5.96. The maximum absolute atomic E-state index is 11.8. The molecule has 0 radical (unpaired) electrons. The molecule has 1 aliphatic rings. The number of amides is 3. The van der Waals surface area contributed by atoms with Gasteiger partial charge in [-0.2, -0.15) is 0 Å². The fourth-order valence-electron chi connectivity index (χ4n) is 2.65. The van der Waals surface area contributed by atoms with Gasteiger partial charge in [0.2, 0.25) is 5.91 Å². The van der Waals surface area contributed by atoms with Gasteiger partial charge in [-0.3, -0.25) is 15.0 Å². The third-order valence-electron chi connectivity index (χ3n) is 3.98. The van der Waals surface area contributed by atoms with Crippen molar-refractivity contribution in [2.45, 2.75) is 38.6 Å². The Labute approximate surface area is 127 Å². The minimum absolute atomic E-state index is 0.320. The average molecular weight is 299 g/mol. The Kier molecular flexibility index (Phi) is 8.26. The third-order valence-corrected chi connectivity index (χ3v) is 3.98. The number of carbonyl (C=O) groups is 2. The van der Waals surface area contributed by atoms with E-state index in [-0.39, 0.29) is 11.9 Å². The lowest BCUT2D eigenvalue weighted by molar-refractivity contribution is -0.124. The number of nitrogens with two attached hydrogens (primary N) is 2. The summed E-state index contributed by atoms with van der Waals surface area (Å²) in [5.74, 6) is -0.320. The Balaban J connectivity index is 2.34. The minimum atomic E-state index is -0.789. The molecular weight excluding hydrogens is 270 g/mol. The van der Waals surface area contributed by atoms with Crippen LogP contribution in [0.3, 0.4) is 0 Å². The van der Waals surface area contributed by atoms with Crippen LogP contribution in [0.25, 0.3) is 0 Å². The molecule has 1 saturated heterocycles. The van der Waals surface area contributed by atoms with E-state index in [9.17, 15) is 9.59 Å². The summed E-state index contributed by atoms with van der Waals surface area (Å²) in [6, 6.07) is -1.11. The molecule has 7 heteroatoms. The van der Waals surface area contributed by atoms with Gasteiger partial charge in [-0.25, -0.2) is 4.79 Å². The molecule has 1 aliphatic heterocycles. The zero-order chi connectivity index (χ0) is 15.7. The largest absolute Gasteiger partial charge is 0.351 e. The Morgan fingerprint density at radius 2 is 1.90 bits per heavy atom. The molecule has 0 bridgehead atoms. The highest BCUT2D eigenvalue weighted by atomic mass is 16.2. The van der Waals surface area contributed by atoms with Gasteiger partial charge in [0, 0.05) is 19.6 Å². The molecule has 0 aromatic heterocycles. The van der Waals surface area contributed by atoms with Crippen molar-refractivity contribution in [3.8, 4) is 0 Å². The van der Waals surface area contributed by atoms with E-state index in [2.05, 4.69) is 15.1 Å². The molecule has 1 fully saturated rings. The third kappa shape index (κ3) is 6.88. The van der Waals surface area contributed by atoms with Crippen LogP contribution in [-0.4, -0.2) is 67.0 Å². The van der Waals surface area contributed by atoms with Crippen molar-refractivity contribution < 1.29 is 9.59 Å². The van der Waals surface area contributed by atoms with E-state index in [0.29, 0.717) is 0 Å². The lowest BCUT2D eigenvalue weighted by Gasteiger charge is -2.26. The molecule has 0 aromatic carbocycles. The number of urea groups is 1. The van der Waals surface area contributed by atoms with Crippen molar-refractivity contribution in [2.24, 2.45) is 11.5 Å². The number of hydrogen-bond acceptors (Lipinski definition) is 5. The summed E-state index contributed by atoms with van der Waals surface area (Å²) in [5, 5.41) is 2.15. The van der Waals surface area contributed by atoms with Crippen LogP contribution in [0.15, 0.2) is 0 Å². The maximum Gasteiger partial charge on any atom is 0.318 e. The van der Waals surface area contributed by atoms with Gasteiger partial charge < -0.3 is 16.4 Å². The topological polar surface area (TPSA) is 105 Å². The van der Waals surface area contributed by atoms with Crippen LogP contribution >= 0.6 is 0 Å². The summed E-state index contributed by atoms with van der Waals surface area (Å²) < 4.78 is 0. The van der Waals surface area contributed by atoms with Crippen molar-refractivity contribution in [3.63, 3.8) is 0 Å². The maximum atomic E-state index is 11.8. The Bertz CT molecular complexity index is 337. The first kappa shape index (κ1) is 17.9. The first-order valence-electron chi connectivity index (χ1n) is 7.81. The second-order valence-electron chi connectivity index (χ2n) is 5.61. The second-order valence-corrected chi connectivity index (χ2v) is 5.61. The van der Waals surface area contributed by atoms with Crippen LogP contribution in [0.4, 0.5) is 4.79 Å². The molecular formula is C14H29N5O2. The molecule has 0 aromatic rings. The van der Waals surface area contributed by atoms with Crippen LogP contribution in [0.2, 0.25) is 0 Å². The Hall–Kier alpha value is -1.18. The van der Waals surface area contributed by atoms with Crippen LogP contribution in [0, 0.1) is 0 Å². The van der Waals surface area contributed by atoms with Crippen molar-refractivity contribution in [1.82, 2.24) is 15.1 Å². The summed E-state index contributed by atoms with van der Waals surface area (Å²) in [4.78, 5) is 27.1. The normalized spacial score (nSPS) is 19.0. The first-order valence-corrected chi connectivity index (χ1v) is 7.81. The van der Waals surface area contributed by atoms with Crippen molar-refractivity contribution in [2.75, 3.05) is 39.3 Å². The van der Waals surface area contributed by atoms with E-state index < -0.39 is 6.03 Å². The molecule has 122 valence electrons. The molecule has 1 atom stereocenters. The SMILES string of the molecule is CC(C(=O)NC(N)=O)N1CCCN(CCCCCN)CC1. The minimum Gasteiger partial charge on any atom is -0.351 e. The Morgan fingerprint density at radius 3 is 2.57 bits per heavy atom. The Morgan fingerprint density at radius 1 is 1.14 bits per heavy atom. The lowest BCUT2D eigenvalue weighted by Crippen LogP contribution is -2.49. The molecule has 7 nitrogen and oxygen atoms in total. The number of imide groups is 1. The van der Waals surface area contributed by atoms with Gasteiger partial charge in [-0.1, -0.05) is 6.42 Å².